The average molecular weight is 356 g/mol. The van der Waals surface area contributed by atoms with E-state index in [2.05, 4.69) is 5.32 Å². The lowest BCUT2D eigenvalue weighted by Crippen LogP contribution is -2.45. The number of amides is 1. The number of carbonyl (C=O) groups is 1. The van der Waals surface area contributed by atoms with Gasteiger partial charge in [0.2, 0.25) is 5.91 Å². The third kappa shape index (κ3) is 4.54. The molecule has 134 valence electrons. The molecule has 24 heavy (non-hydrogen) atoms. The summed E-state index contributed by atoms with van der Waals surface area (Å²) >= 11 is 0. The van der Waals surface area contributed by atoms with Gasteiger partial charge in [-0.2, -0.15) is 0 Å². The largest absolute Gasteiger partial charge is 0.338 e. The second-order valence-electron chi connectivity index (χ2n) is 6.31. The Labute approximate surface area is 143 Å². The van der Waals surface area contributed by atoms with E-state index in [1.54, 1.807) is 6.92 Å². The minimum Gasteiger partial charge on any atom is -0.338 e. The molecular weight excluding hydrogens is 331 g/mol. The van der Waals surface area contributed by atoms with Crippen molar-refractivity contribution in [2.45, 2.75) is 37.6 Å². The first-order valence-electron chi connectivity index (χ1n) is 8.34. The highest BCUT2D eigenvalue weighted by atomic mass is 32.2. The third-order valence-electron chi connectivity index (χ3n) is 4.29. The number of benzene rings is 1. The molecule has 0 bridgehead atoms. The molecular formula is C17H25FN2O3S. The lowest BCUT2D eigenvalue weighted by atomic mass is 10.1. The van der Waals surface area contributed by atoms with E-state index in [1.165, 1.54) is 12.1 Å². The van der Waals surface area contributed by atoms with E-state index in [0.717, 1.165) is 38.1 Å². The molecule has 0 aromatic heterocycles. The van der Waals surface area contributed by atoms with Crippen molar-refractivity contribution in [1.29, 1.82) is 0 Å². The van der Waals surface area contributed by atoms with E-state index in [-0.39, 0.29) is 22.6 Å². The van der Waals surface area contributed by atoms with E-state index in [0.29, 0.717) is 6.54 Å². The Bertz CT molecular complexity index is 655. The van der Waals surface area contributed by atoms with E-state index in [9.17, 15) is 17.6 Å². The first-order valence-corrected chi connectivity index (χ1v) is 10.00. The van der Waals surface area contributed by atoms with Crippen LogP contribution in [0.1, 0.15) is 26.7 Å². The molecule has 5 nitrogen and oxygen atoms in total. The van der Waals surface area contributed by atoms with Gasteiger partial charge in [0.1, 0.15) is 5.82 Å². The van der Waals surface area contributed by atoms with Crippen molar-refractivity contribution in [2.24, 2.45) is 5.92 Å². The van der Waals surface area contributed by atoms with Gasteiger partial charge >= 0.3 is 0 Å². The maximum atomic E-state index is 13.0. The van der Waals surface area contributed by atoms with Gasteiger partial charge < -0.3 is 10.2 Å². The molecule has 1 N–H and O–H groups in total. The van der Waals surface area contributed by atoms with E-state index in [4.69, 9.17) is 0 Å². The summed E-state index contributed by atoms with van der Waals surface area (Å²) in [5.41, 5.74) is 0. The predicted molar refractivity (Wildman–Crippen MR) is 90.9 cm³/mol. The summed E-state index contributed by atoms with van der Waals surface area (Å²) in [4.78, 5) is 14.6. The highest BCUT2D eigenvalue weighted by molar-refractivity contribution is 7.91. The summed E-state index contributed by atoms with van der Waals surface area (Å²) < 4.78 is 37.9. The summed E-state index contributed by atoms with van der Waals surface area (Å²) in [5, 5.41) is 3.24. The minimum atomic E-state index is -3.62. The van der Waals surface area contributed by atoms with E-state index < -0.39 is 21.6 Å². The van der Waals surface area contributed by atoms with Crippen LogP contribution in [0.25, 0.3) is 0 Å². The molecule has 1 aliphatic rings. The highest BCUT2D eigenvalue weighted by Gasteiger charge is 2.31. The zero-order chi connectivity index (χ0) is 17.7. The molecule has 2 atom stereocenters. The second kappa shape index (κ2) is 8.07. The highest BCUT2D eigenvalue weighted by Crippen LogP contribution is 2.19. The number of rotatable bonds is 7. The fraction of sp³-hybridized carbons (Fsp3) is 0.588. The normalized spacial score (nSPS) is 19.2. The van der Waals surface area contributed by atoms with Crippen LogP contribution in [-0.4, -0.2) is 50.7 Å². The first-order chi connectivity index (χ1) is 11.3. The Morgan fingerprint density at radius 1 is 1.38 bits per heavy atom. The Morgan fingerprint density at radius 2 is 2.04 bits per heavy atom. The van der Waals surface area contributed by atoms with Crippen molar-refractivity contribution in [2.75, 3.05) is 25.4 Å². The maximum Gasteiger partial charge on any atom is 0.226 e. The van der Waals surface area contributed by atoms with Crippen molar-refractivity contribution in [3.63, 3.8) is 0 Å². The van der Waals surface area contributed by atoms with Gasteiger partial charge in [-0.1, -0.05) is 13.8 Å². The second-order valence-corrected chi connectivity index (χ2v) is 8.35. The zero-order valence-electron chi connectivity index (χ0n) is 14.2. The average Bonchev–Trinajstić information content (AvgIpc) is 3.06. The summed E-state index contributed by atoms with van der Waals surface area (Å²) in [7, 11) is -3.62. The van der Waals surface area contributed by atoms with Crippen LogP contribution in [0, 0.1) is 11.7 Å². The van der Waals surface area contributed by atoms with Crippen LogP contribution in [0.5, 0.6) is 0 Å². The monoisotopic (exact) mass is 356 g/mol. The summed E-state index contributed by atoms with van der Waals surface area (Å²) in [5.74, 6) is -1.51. The number of carbonyl (C=O) groups excluding carboxylic acids is 1. The van der Waals surface area contributed by atoms with Crippen LogP contribution in [0.15, 0.2) is 29.2 Å². The standard InChI is InChI=1S/C17H25FN2O3S/c1-3-10-20(15-8-9-19-11-15)17(21)13(2)12-24(22,23)16-6-4-14(18)5-7-16/h4-7,13,15,19H,3,8-12H2,1-2H3. The smallest absolute Gasteiger partial charge is 0.226 e. The van der Waals surface area contributed by atoms with Crippen LogP contribution in [0.4, 0.5) is 4.39 Å². The van der Waals surface area contributed by atoms with E-state index >= 15 is 0 Å². The third-order valence-corrected chi connectivity index (χ3v) is 6.22. The Morgan fingerprint density at radius 3 is 2.58 bits per heavy atom. The molecule has 0 spiro atoms. The van der Waals surface area contributed by atoms with E-state index in [1.807, 2.05) is 11.8 Å². The number of halogens is 1. The Hall–Kier alpha value is -1.47. The van der Waals surface area contributed by atoms with Crippen molar-refractivity contribution >= 4 is 15.7 Å². The number of hydrogen-bond donors (Lipinski definition) is 1. The van der Waals surface area contributed by atoms with Crippen LogP contribution < -0.4 is 5.32 Å². The summed E-state index contributed by atoms with van der Waals surface area (Å²) in [6, 6.07) is 4.85. The van der Waals surface area contributed by atoms with Gasteiger partial charge in [0.15, 0.2) is 9.84 Å². The van der Waals surface area contributed by atoms with Gasteiger partial charge in [-0.3, -0.25) is 4.79 Å². The molecule has 1 aliphatic heterocycles. The fourth-order valence-electron chi connectivity index (χ4n) is 3.04. The molecule has 1 fully saturated rings. The molecule has 1 heterocycles. The van der Waals surface area contributed by atoms with Gasteiger partial charge in [0.05, 0.1) is 10.6 Å². The molecule has 0 aliphatic carbocycles. The molecule has 1 aromatic rings. The zero-order valence-corrected chi connectivity index (χ0v) is 15.0. The summed E-state index contributed by atoms with van der Waals surface area (Å²) in [6.07, 6.45) is 1.73. The minimum absolute atomic E-state index is 0.0492. The van der Waals surface area contributed by atoms with Crippen LogP contribution in [0.2, 0.25) is 0 Å². The quantitative estimate of drug-likeness (QED) is 0.757. The number of nitrogens with zero attached hydrogens (tertiary/aromatic N) is 1. The van der Waals surface area contributed by atoms with Crippen LogP contribution in [-0.2, 0) is 14.6 Å². The Balaban J connectivity index is 2.09. The van der Waals surface area contributed by atoms with Crippen LogP contribution in [0.3, 0.4) is 0 Å². The molecule has 0 saturated carbocycles. The number of nitrogens with one attached hydrogen (secondary N) is 1. The SMILES string of the molecule is CCCN(C(=O)C(C)CS(=O)(=O)c1ccc(F)cc1)C1CCNC1. The topological polar surface area (TPSA) is 66.5 Å². The Kier molecular flexibility index (Phi) is 6.34. The predicted octanol–water partition coefficient (Wildman–Crippen LogP) is 1.84. The van der Waals surface area contributed by atoms with Gasteiger partial charge in [-0.15, -0.1) is 0 Å². The number of hydrogen-bond acceptors (Lipinski definition) is 4. The van der Waals surface area contributed by atoms with Crippen molar-refractivity contribution in [1.82, 2.24) is 10.2 Å². The maximum absolute atomic E-state index is 13.0. The molecule has 1 amide bonds. The molecule has 2 rings (SSSR count). The van der Waals surface area contributed by atoms with Crippen LogP contribution >= 0.6 is 0 Å². The first kappa shape index (κ1) is 18.9. The summed E-state index contributed by atoms with van der Waals surface area (Å²) in [6.45, 7) is 5.91. The molecule has 0 radical (unpaired) electrons. The lowest BCUT2D eigenvalue weighted by Gasteiger charge is -2.30. The van der Waals surface area contributed by atoms with Gasteiger partial charge in [0.25, 0.3) is 0 Å². The van der Waals surface area contributed by atoms with Gasteiger partial charge in [-0.25, -0.2) is 12.8 Å². The molecule has 7 heteroatoms. The fourth-order valence-corrected chi connectivity index (χ4v) is 4.58. The van der Waals surface area contributed by atoms with Gasteiger partial charge in [0, 0.05) is 25.0 Å². The molecule has 2 unspecified atom stereocenters. The molecule has 1 aromatic carbocycles. The van der Waals surface area contributed by atoms with Crippen molar-refractivity contribution in [3.05, 3.63) is 30.1 Å². The van der Waals surface area contributed by atoms with Crippen molar-refractivity contribution < 1.29 is 17.6 Å². The number of sulfone groups is 1. The van der Waals surface area contributed by atoms with Crippen molar-refractivity contribution in [3.8, 4) is 0 Å². The van der Waals surface area contributed by atoms with Gasteiger partial charge in [-0.05, 0) is 43.7 Å². The molecule has 1 saturated heterocycles. The lowest BCUT2D eigenvalue weighted by molar-refractivity contribution is -0.136.